The molecule has 2 amide bonds. The quantitative estimate of drug-likeness (QED) is 0.600. The van der Waals surface area contributed by atoms with Crippen LogP contribution in [0.2, 0.25) is 0 Å². The van der Waals surface area contributed by atoms with Gasteiger partial charge in [0.25, 0.3) is 5.91 Å². The van der Waals surface area contributed by atoms with Crippen molar-refractivity contribution in [2.75, 3.05) is 26.8 Å². The number of hydrogen-bond acceptors (Lipinski definition) is 4. The lowest BCUT2D eigenvalue weighted by molar-refractivity contribution is -0.127. The molecule has 0 bridgehead atoms. The molecule has 1 N–H and O–H groups in total. The maximum absolute atomic E-state index is 14.0. The number of nitrogens with one attached hydrogen (secondary N) is 1. The van der Waals surface area contributed by atoms with Crippen LogP contribution in [0, 0.1) is 23.5 Å². The molecule has 184 valence electrons. The minimum atomic E-state index is -0.880. The first-order valence-corrected chi connectivity index (χ1v) is 11.5. The van der Waals surface area contributed by atoms with E-state index in [1.807, 2.05) is 25.1 Å². The van der Waals surface area contributed by atoms with Crippen LogP contribution in [0.15, 0.2) is 36.4 Å². The summed E-state index contributed by atoms with van der Waals surface area (Å²) in [6.07, 6.45) is 0.941. The predicted octanol–water partition coefficient (Wildman–Crippen LogP) is 4.74. The summed E-state index contributed by atoms with van der Waals surface area (Å²) in [7, 11) is 1.58. The number of amides is 2. The number of ether oxygens (including phenoxy) is 2. The standard InChI is InChI=1S/C26H32F2N2O4/c1-16(2)15-34-23-8-5-19(13-24(23)33-4)17(3)29-25(31)18-9-11-30(12-10-18)26(32)21-7-6-20(27)14-22(21)28/h5-8,13-14,16-18H,9-12,15H2,1-4H3,(H,29,31). The zero-order chi connectivity index (χ0) is 24.8. The first-order valence-electron chi connectivity index (χ1n) is 11.5. The zero-order valence-corrected chi connectivity index (χ0v) is 20.1. The van der Waals surface area contributed by atoms with Gasteiger partial charge in [-0.3, -0.25) is 9.59 Å². The lowest BCUT2D eigenvalue weighted by Crippen LogP contribution is -2.43. The molecule has 1 atom stereocenters. The Bertz CT molecular complexity index is 1020. The van der Waals surface area contributed by atoms with Gasteiger partial charge in [-0.1, -0.05) is 19.9 Å². The van der Waals surface area contributed by atoms with E-state index >= 15 is 0 Å². The summed E-state index contributed by atoms with van der Waals surface area (Å²) in [5, 5.41) is 3.04. The Balaban J connectivity index is 1.56. The second-order valence-electron chi connectivity index (χ2n) is 9.04. The van der Waals surface area contributed by atoms with Crippen molar-refractivity contribution in [3.05, 3.63) is 59.2 Å². The monoisotopic (exact) mass is 474 g/mol. The van der Waals surface area contributed by atoms with Crippen molar-refractivity contribution in [2.24, 2.45) is 11.8 Å². The molecule has 3 rings (SSSR count). The number of piperidine rings is 1. The molecular formula is C26H32F2N2O4. The Labute approximate surface area is 199 Å². The van der Waals surface area contributed by atoms with Gasteiger partial charge in [0.15, 0.2) is 11.5 Å². The summed E-state index contributed by atoms with van der Waals surface area (Å²) in [6, 6.07) is 8.29. The number of methoxy groups -OCH3 is 1. The maximum Gasteiger partial charge on any atom is 0.256 e. The topological polar surface area (TPSA) is 67.9 Å². The van der Waals surface area contributed by atoms with Crippen molar-refractivity contribution in [1.29, 1.82) is 0 Å². The van der Waals surface area contributed by atoms with Crippen LogP contribution in [0.3, 0.4) is 0 Å². The van der Waals surface area contributed by atoms with Gasteiger partial charge in [-0.15, -0.1) is 0 Å². The summed E-state index contributed by atoms with van der Waals surface area (Å²) in [4.78, 5) is 26.9. The maximum atomic E-state index is 14.0. The summed E-state index contributed by atoms with van der Waals surface area (Å²) >= 11 is 0. The van der Waals surface area contributed by atoms with E-state index < -0.39 is 17.5 Å². The van der Waals surface area contributed by atoms with Gasteiger partial charge in [0.05, 0.1) is 25.3 Å². The van der Waals surface area contributed by atoms with Crippen LogP contribution in [0.5, 0.6) is 11.5 Å². The van der Waals surface area contributed by atoms with E-state index in [-0.39, 0.29) is 23.4 Å². The summed E-state index contributed by atoms with van der Waals surface area (Å²) < 4.78 is 38.3. The third kappa shape index (κ3) is 6.24. The van der Waals surface area contributed by atoms with Crippen LogP contribution in [-0.2, 0) is 4.79 Å². The van der Waals surface area contributed by atoms with Gasteiger partial charge in [0.1, 0.15) is 11.6 Å². The van der Waals surface area contributed by atoms with Crippen molar-refractivity contribution >= 4 is 11.8 Å². The third-order valence-electron chi connectivity index (χ3n) is 5.93. The van der Waals surface area contributed by atoms with E-state index in [0.29, 0.717) is 56.0 Å². The highest BCUT2D eigenvalue weighted by Gasteiger charge is 2.29. The van der Waals surface area contributed by atoms with Gasteiger partial charge in [-0.25, -0.2) is 8.78 Å². The van der Waals surface area contributed by atoms with Crippen molar-refractivity contribution in [3.63, 3.8) is 0 Å². The van der Waals surface area contributed by atoms with E-state index in [2.05, 4.69) is 19.2 Å². The van der Waals surface area contributed by atoms with Gasteiger partial charge in [-0.2, -0.15) is 0 Å². The lowest BCUT2D eigenvalue weighted by atomic mass is 9.94. The molecule has 1 fully saturated rings. The van der Waals surface area contributed by atoms with Crippen molar-refractivity contribution in [1.82, 2.24) is 10.2 Å². The normalized spacial score (nSPS) is 15.2. The van der Waals surface area contributed by atoms with Gasteiger partial charge in [0, 0.05) is 25.1 Å². The molecule has 1 unspecified atom stereocenters. The van der Waals surface area contributed by atoms with Crippen LogP contribution in [0.25, 0.3) is 0 Å². The minimum Gasteiger partial charge on any atom is -0.493 e. The SMILES string of the molecule is COc1cc(C(C)NC(=O)C2CCN(C(=O)c3ccc(F)cc3F)CC2)ccc1OCC(C)C. The summed E-state index contributed by atoms with van der Waals surface area (Å²) in [5.41, 5.74) is 0.731. The Morgan fingerprint density at radius 2 is 1.76 bits per heavy atom. The Morgan fingerprint density at radius 3 is 2.38 bits per heavy atom. The molecule has 0 aromatic heterocycles. The highest BCUT2D eigenvalue weighted by molar-refractivity contribution is 5.94. The molecule has 1 saturated heterocycles. The first kappa shape index (κ1) is 25.5. The van der Waals surface area contributed by atoms with E-state index in [4.69, 9.17) is 9.47 Å². The van der Waals surface area contributed by atoms with E-state index in [1.165, 1.54) is 4.90 Å². The fourth-order valence-corrected chi connectivity index (χ4v) is 3.92. The molecule has 1 aliphatic rings. The number of benzene rings is 2. The number of carbonyl (C=O) groups is 2. The molecule has 0 spiro atoms. The number of rotatable bonds is 8. The number of nitrogens with zero attached hydrogens (tertiary/aromatic N) is 1. The largest absolute Gasteiger partial charge is 0.493 e. The van der Waals surface area contributed by atoms with Gasteiger partial charge in [0.2, 0.25) is 5.91 Å². The zero-order valence-electron chi connectivity index (χ0n) is 20.1. The van der Waals surface area contributed by atoms with E-state index in [1.54, 1.807) is 7.11 Å². The van der Waals surface area contributed by atoms with Crippen molar-refractivity contribution in [3.8, 4) is 11.5 Å². The van der Waals surface area contributed by atoms with Crippen molar-refractivity contribution in [2.45, 2.75) is 39.7 Å². The van der Waals surface area contributed by atoms with Crippen LogP contribution in [0.1, 0.15) is 55.6 Å². The van der Waals surface area contributed by atoms with E-state index in [9.17, 15) is 18.4 Å². The molecule has 0 saturated carbocycles. The number of halogens is 2. The number of likely N-dealkylation sites (tertiary alicyclic amines) is 1. The van der Waals surface area contributed by atoms with Gasteiger partial charge >= 0.3 is 0 Å². The first-order chi connectivity index (χ1) is 16.2. The molecule has 1 aliphatic heterocycles. The van der Waals surface area contributed by atoms with Crippen LogP contribution < -0.4 is 14.8 Å². The van der Waals surface area contributed by atoms with Crippen molar-refractivity contribution < 1.29 is 27.8 Å². The second kappa shape index (κ2) is 11.3. The van der Waals surface area contributed by atoms with Gasteiger partial charge in [-0.05, 0) is 55.5 Å². The van der Waals surface area contributed by atoms with Crippen LogP contribution in [0.4, 0.5) is 8.78 Å². The molecule has 6 nitrogen and oxygen atoms in total. The highest BCUT2D eigenvalue weighted by atomic mass is 19.1. The third-order valence-corrected chi connectivity index (χ3v) is 5.93. The molecule has 0 radical (unpaired) electrons. The molecule has 2 aromatic rings. The average Bonchev–Trinajstić information content (AvgIpc) is 2.82. The molecule has 2 aromatic carbocycles. The molecule has 8 heteroatoms. The fourth-order valence-electron chi connectivity index (χ4n) is 3.92. The lowest BCUT2D eigenvalue weighted by Gasteiger charge is -2.32. The highest BCUT2D eigenvalue weighted by Crippen LogP contribution is 2.31. The molecule has 0 aliphatic carbocycles. The predicted molar refractivity (Wildman–Crippen MR) is 125 cm³/mol. The van der Waals surface area contributed by atoms with Crippen LogP contribution >= 0.6 is 0 Å². The Hall–Kier alpha value is -3.16. The minimum absolute atomic E-state index is 0.0911. The fraction of sp³-hybridized carbons (Fsp3) is 0.462. The molecule has 1 heterocycles. The van der Waals surface area contributed by atoms with E-state index in [0.717, 1.165) is 17.7 Å². The second-order valence-corrected chi connectivity index (χ2v) is 9.04. The number of carbonyl (C=O) groups excluding carboxylic acids is 2. The van der Waals surface area contributed by atoms with Gasteiger partial charge < -0.3 is 19.7 Å². The average molecular weight is 475 g/mol. The Kier molecular flexibility index (Phi) is 8.47. The Morgan fingerprint density at radius 1 is 1.06 bits per heavy atom. The summed E-state index contributed by atoms with van der Waals surface area (Å²) in [6.45, 7) is 7.28. The number of hydrogen-bond donors (Lipinski definition) is 1. The van der Waals surface area contributed by atoms with Crippen LogP contribution in [-0.4, -0.2) is 43.5 Å². The molecule has 34 heavy (non-hydrogen) atoms. The smallest absolute Gasteiger partial charge is 0.256 e. The molecular weight excluding hydrogens is 442 g/mol. The summed E-state index contributed by atoms with van der Waals surface area (Å²) in [5.74, 6) is -0.779.